The first kappa shape index (κ1) is 17.0. The summed E-state index contributed by atoms with van der Waals surface area (Å²) in [6.07, 6.45) is 6.15. The van der Waals surface area contributed by atoms with Crippen LogP contribution in [0.1, 0.15) is 42.5 Å². The molecule has 0 saturated heterocycles. The van der Waals surface area contributed by atoms with Crippen LogP contribution in [0.2, 0.25) is 0 Å². The van der Waals surface area contributed by atoms with Crippen LogP contribution in [-0.4, -0.2) is 29.4 Å². The summed E-state index contributed by atoms with van der Waals surface area (Å²) in [4.78, 5) is 34.5. The van der Waals surface area contributed by atoms with Gasteiger partial charge in [-0.3, -0.25) is 14.9 Å². The van der Waals surface area contributed by atoms with Gasteiger partial charge in [-0.05, 0) is 61.8 Å². The smallest absolute Gasteiger partial charge is 0.338 e. The Labute approximate surface area is 151 Å². The van der Waals surface area contributed by atoms with E-state index in [9.17, 15) is 19.7 Å². The molecule has 1 amide bonds. The fourth-order valence-corrected chi connectivity index (χ4v) is 5.35. The first-order chi connectivity index (χ1) is 12.5. The molecule has 0 aromatic heterocycles. The highest BCUT2D eigenvalue weighted by Crippen LogP contribution is 2.53. The topological polar surface area (TPSA) is 98.5 Å². The number of nitro groups is 1. The lowest BCUT2D eigenvalue weighted by atomic mass is 9.54. The second-order valence-corrected chi connectivity index (χ2v) is 7.91. The first-order valence-corrected chi connectivity index (χ1v) is 9.20. The number of nitrogens with zero attached hydrogens (tertiary/aromatic N) is 1. The van der Waals surface area contributed by atoms with Crippen LogP contribution in [-0.2, 0) is 9.53 Å². The zero-order valence-corrected chi connectivity index (χ0v) is 14.4. The Bertz CT molecular complexity index is 719. The van der Waals surface area contributed by atoms with Gasteiger partial charge in [-0.25, -0.2) is 4.79 Å². The van der Waals surface area contributed by atoms with E-state index in [1.807, 2.05) is 0 Å². The normalized spacial score (nSPS) is 31.5. The third-order valence-electron chi connectivity index (χ3n) is 6.18. The van der Waals surface area contributed by atoms with Gasteiger partial charge in [0, 0.05) is 18.2 Å². The zero-order chi connectivity index (χ0) is 18.3. The zero-order valence-electron chi connectivity index (χ0n) is 14.4. The minimum absolute atomic E-state index is 0.0709. The molecule has 1 N–H and O–H groups in total. The third kappa shape index (κ3) is 3.30. The van der Waals surface area contributed by atoms with Crippen LogP contribution in [0, 0.1) is 33.8 Å². The van der Waals surface area contributed by atoms with Crippen molar-refractivity contribution in [2.75, 3.05) is 6.61 Å². The van der Waals surface area contributed by atoms with Gasteiger partial charge >= 0.3 is 5.97 Å². The van der Waals surface area contributed by atoms with Crippen LogP contribution in [0.15, 0.2) is 24.3 Å². The lowest BCUT2D eigenvalue weighted by Crippen LogP contribution is -2.56. The molecule has 0 unspecified atom stereocenters. The highest BCUT2D eigenvalue weighted by Gasteiger charge is 2.48. The summed E-state index contributed by atoms with van der Waals surface area (Å²) in [5.74, 6) is 1.76. The van der Waals surface area contributed by atoms with Gasteiger partial charge in [0.15, 0.2) is 6.61 Å². The van der Waals surface area contributed by atoms with Crippen LogP contribution in [0.4, 0.5) is 5.69 Å². The molecular formula is C19H22N2O5. The van der Waals surface area contributed by atoms with Crippen molar-refractivity contribution in [2.45, 2.75) is 38.1 Å². The van der Waals surface area contributed by atoms with Gasteiger partial charge in [0.05, 0.1) is 10.5 Å². The number of non-ortho nitro benzene ring substituents is 1. The molecule has 26 heavy (non-hydrogen) atoms. The molecule has 4 aliphatic rings. The van der Waals surface area contributed by atoms with Crippen LogP contribution >= 0.6 is 0 Å². The van der Waals surface area contributed by atoms with Crippen molar-refractivity contribution in [3.8, 4) is 0 Å². The number of carbonyl (C=O) groups is 2. The average molecular weight is 358 g/mol. The maximum atomic E-state index is 12.2. The summed E-state index contributed by atoms with van der Waals surface area (Å²) in [5.41, 5.74) is -0.112. The van der Waals surface area contributed by atoms with Gasteiger partial charge < -0.3 is 10.1 Å². The number of benzene rings is 1. The molecule has 138 valence electrons. The number of hydrogen-bond donors (Lipinski definition) is 1. The van der Waals surface area contributed by atoms with Gasteiger partial charge in [-0.2, -0.15) is 0 Å². The average Bonchev–Trinajstić information content (AvgIpc) is 2.62. The lowest BCUT2D eigenvalue weighted by molar-refractivity contribution is -0.384. The molecule has 5 rings (SSSR count). The van der Waals surface area contributed by atoms with Gasteiger partial charge in [-0.1, -0.05) is 6.07 Å². The molecule has 4 saturated carbocycles. The molecule has 7 nitrogen and oxygen atoms in total. The van der Waals surface area contributed by atoms with E-state index in [1.54, 1.807) is 0 Å². The van der Waals surface area contributed by atoms with Crippen molar-refractivity contribution >= 4 is 17.6 Å². The molecule has 7 heteroatoms. The quantitative estimate of drug-likeness (QED) is 0.496. The number of nitro benzene ring substituents is 1. The second-order valence-electron chi connectivity index (χ2n) is 7.91. The fourth-order valence-electron chi connectivity index (χ4n) is 5.35. The summed E-state index contributed by atoms with van der Waals surface area (Å²) in [7, 11) is 0. The highest BCUT2D eigenvalue weighted by atomic mass is 16.6. The molecule has 0 atom stereocenters. The maximum absolute atomic E-state index is 12.2. The van der Waals surface area contributed by atoms with E-state index in [2.05, 4.69) is 5.32 Å². The summed E-state index contributed by atoms with van der Waals surface area (Å²) < 4.78 is 5.04. The summed E-state index contributed by atoms with van der Waals surface area (Å²) >= 11 is 0. The Kier molecular flexibility index (Phi) is 4.38. The van der Waals surface area contributed by atoms with Crippen LogP contribution < -0.4 is 5.32 Å². The molecule has 0 heterocycles. The van der Waals surface area contributed by atoms with Crippen molar-refractivity contribution in [2.24, 2.45) is 23.7 Å². The Morgan fingerprint density at radius 3 is 2.38 bits per heavy atom. The molecule has 0 aliphatic heterocycles. The largest absolute Gasteiger partial charge is 0.452 e. The molecule has 1 aromatic carbocycles. The van der Waals surface area contributed by atoms with Gasteiger partial charge in [0.25, 0.3) is 11.6 Å². The molecule has 0 spiro atoms. The van der Waals surface area contributed by atoms with E-state index in [0.717, 1.165) is 17.9 Å². The standard InChI is InChI=1S/C19H22N2O5/c22-17(10-26-19(23)13-2-1-3-16(9-13)21(24)25)20-18-14-5-11-4-12(7-14)8-15(18)6-11/h1-3,9,11-12,14-15,18H,4-8,10H2,(H,20,22). The summed E-state index contributed by atoms with van der Waals surface area (Å²) in [6.45, 7) is -0.357. The number of hydrogen-bond acceptors (Lipinski definition) is 5. The van der Waals surface area contributed by atoms with E-state index >= 15 is 0 Å². The van der Waals surface area contributed by atoms with Gasteiger partial charge in [0.1, 0.15) is 0 Å². The van der Waals surface area contributed by atoms with Gasteiger partial charge in [-0.15, -0.1) is 0 Å². The van der Waals surface area contributed by atoms with E-state index in [0.29, 0.717) is 11.8 Å². The number of carbonyl (C=O) groups excluding carboxylic acids is 2. The molecule has 4 bridgehead atoms. The predicted octanol–water partition coefficient (Wildman–Crippen LogP) is 2.69. The summed E-state index contributed by atoms with van der Waals surface area (Å²) in [6, 6.07) is 5.51. The minimum Gasteiger partial charge on any atom is -0.452 e. The van der Waals surface area contributed by atoms with Crippen molar-refractivity contribution in [3.05, 3.63) is 39.9 Å². The Balaban J connectivity index is 1.31. The number of amides is 1. The highest BCUT2D eigenvalue weighted by molar-refractivity contribution is 5.91. The predicted molar refractivity (Wildman–Crippen MR) is 92.4 cm³/mol. The third-order valence-corrected chi connectivity index (χ3v) is 6.18. The maximum Gasteiger partial charge on any atom is 0.338 e. The second kappa shape index (κ2) is 6.70. The van der Waals surface area contributed by atoms with Gasteiger partial charge in [0.2, 0.25) is 0 Å². The van der Waals surface area contributed by atoms with Crippen molar-refractivity contribution in [3.63, 3.8) is 0 Å². The van der Waals surface area contributed by atoms with Crippen LogP contribution in [0.25, 0.3) is 0 Å². The summed E-state index contributed by atoms with van der Waals surface area (Å²) in [5, 5.41) is 13.8. The number of esters is 1. The number of ether oxygens (including phenoxy) is 1. The fraction of sp³-hybridized carbons (Fsp3) is 0.579. The van der Waals surface area contributed by atoms with Crippen molar-refractivity contribution < 1.29 is 19.2 Å². The van der Waals surface area contributed by atoms with Crippen LogP contribution in [0.3, 0.4) is 0 Å². The minimum atomic E-state index is -0.728. The Hall–Kier alpha value is -2.44. The SMILES string of the molecule is O=C(COC(=O)c1cccc([N+](=O)[O-])c1)NC1C2CC3CC(C2)CC1C3. The number of nitrogens with one attached hydrogen (secondary N) is 1. The Morgan fingerprint density at radius 1 is 1.12 bits per heavy atom. The van der Waals surface area contributed by atoms with E-state index in [1.165, 1.54) is 50.3 Å². The molecule has 1 aromatic rings. The Morgan fingerprint density at radius 2 is 1.77 bits per heavy atom. The molecule has 4 fully saturated rings. The first-order valence-electron chi connectivity index (χ1n) is 9.20. The lowest BCUT2D eigenvalue weighted by Gasteiger charge is -2.54. The van der Waals surface area contributed by atoms with E-state index in [4.69, 9.17) is 4.74 Å². The monoisotopic (exact) mass is 358 g/mol. The van der Waals surface area contributed by atoms with Crippen molar-refractivity contribution in [1.82, 2.24) is 5.32 Å². The van der Waals surface area contributed by atoms with E-state index < -0.39 is 10.9 Å². The molecule has 4 aliphatic carbocycles. The number of rotatable bonds is 5. The van der Waals surface area contributed by atoms with E-state index in [-0.39, 0.29) is 29.8 Å². The van der Waals surface area contributed by atoms with Crippen LogP contribution in [0.5, 0.6) is 0 Å². The molecular weight excluding hydrogens is 336 g/mol. The van der Waals surface area contributed by atoms with Crippen molar-refractivity contribution in [1.29, 1.82) is 0 Å². The molecule has 0 radical (unpaired) electrons.